The SMILES string of the molecule is COC(=O)c1ccc(/C(C)=C(\C)c2ccc(C(=O)OC)cc2)cc1. The Labute approximate surface area is 141 Å². The third-order valence-corrected chi connectivity index (χ3v) is 4.04. The molecule has 2 aromatic rings. The summed E-state index contributed by atoms with van der Waals surface area (Å²) < 4.78 is 9.41. The molecule has 0 radical (unpaired) electrons. The van der Waals surface area contributed by atoms with E-state index in [1.54, 1.807) is 24.3 Å². The highest BCUT2D eigenvalue weighted by Gasteiger charge is 2.09. The van der Waals surface area contributed by atoms with E-state index in [-0.39, 0.29) is 11.9 Å². The first-order chi connectivity index (χ1) is 11.5. The van der Waals surface area contributed by atoms with Crippen molar-refractivity contribution in [1.29, 1.82) is 0 Å². The van der Waals surface area contributed by atoms with Crippen molar-refractivity contribution in [2.75, 3.05) is 14.2 Å². The van der Waals surface area contributed by atoms with E-state index in [4.69, 9.17) is 9.47 Å². The second-order valence-electron chi connectivity index (χ2n) is 5.39. The normalized spacial score (nSPS) is 11.5. The fourth-order valence-electron chi connectivity index (χ4n) is 2.38. The van der Waals surface area contributed by atoms with Crippen molar-refractivity contribution in [2.24, 2.45) is 0 Å². The molecule has 0 spiro atoms. The molecular weight excluding hydrogens is 304 g/mol. The summed E-state index contributed by atoms with van der Waals surface area (Å²) in [6, 6.07) is 14.6. The minimum absolute atomic E-state index is 0.349. The van der Waals surface area contributed by atoms with Crippen molar-refractivity contribution in [3.8, 4) is 0 Å². The fraction of sp³-hybridized carbons (Fsp3) is 0.200. The van der Waals surface area contributed by atoms with E-state index in [1.807, 2.05) is 38.1 Å². The second-order valence-corrected chi connectivity index (χ2v) is 5.39. The number of carbonyl (C=O) groups excluding carboxylic acids is 2. The smallest absolute Gasteiger partial charge is 0.337 e. The number of hydrogen-bond donors (Lipinski definition) is 0. The zero-order valence-corrected chi connectivity index (χ0v) is 14.3. The molecule has 24 heavy (non-hydrogen) atoms. The molecule has 0 bridgehead atoms. The molecule has 0 unspecified atom stereocenters. The molecule has 0 heterocycles. The zero-order valence-electron chi connectivity index (χ0n) is 14.3. The van der Waals surface area contributed by atoms with E-state index in [9.17, 15) is 9.59 Å². The molecule has 0 amide bonds. The van der Waals surface area contributed by atoms with Crippen LogP contribution in [0.2, 0.25) is 0 Å². The van der Waals surface area contributed by atoms with Gasteiger partial charge in [0.2, 0.25) is 0 Å². The van der Waals surface area contributed by atoms with Gasteiger partial charge in [0, 0.05) is 0 Å². The highest BCUT2D eigenvalue weighted by atomic mass is 16.5. The lowest BCUT2D eigenvalue weighted by Gasteiger charge is -2.10. The number of rotatable bonds is 4. The Kier molecular flexibility index (Phi) is 5.53. The summed E-state index contributed by atoms with van der Waals surface area (Å²) in [6.45, 7) is 4.05. The van der Waals surface area contributed by atoms with Crippen LogP contribution in [0.15, 0.2) is 48.5 Å². The molecule has 0 fully saturated rings. The van der Waals surface area contributed by atoms with E-state index in [0.717, 1.165) is 22.3 Å². The average Bonchev–Trinajstić information content (AvgIpc) is 2.65. The van der Waals surface area contributed by atoms with Gasteiger partial charge in [-0.2, -0.15) is 0 Å². The van der Waals surface area contributed by atoms with E-state index < -0.39 is 0 Å². The van der Waals surface area contributed by atoms with Gasteiger partial charge in [0.15, 0.2) is 0 Å². The summed E-state index contributed by atoms with van der Waals surface area (Å²) in [4.78, 5) is 23.0. The van der Waals surface area contributed by atoms with Gasteiger partial charge in [-0.3, -0.25) is 0 Å². The quantitative estimate of drug-likeness (QED) is 0.624. The lowest BCUT2D eigenvalue weighted by atomic mass is 9.96. The molecule has 0 N–H and O–H groups in total. The van der Waals surface area contributed by atoms with Crippen molar-refractivity contribution < 1.29 is 19.1 Å². The second kappa shape index (κ2) is 7.59. The predicted octanol–water partition coefficient (Wildman–Crippen LogP) is 4.21. The van der Waals surface area contributed by atoms with E-state index in [1.165, 1.54) is 14.2 Å². The maximum atomic E-state index is 11.5. The maximum Gasteiger partial charge on any atom is 0.337 e. The van der Waals surface area contributed by atoms with Crippen molar-refractivity contribution >= 4 is 23.1 Å². The van der Waals surface area contributed by atoms with Crippen LogP contribution in [0, 0.1) is 0 Å². The summed E-state index contributed by atoms with van der Waals surface area (Å²) in [7, 11) is 2.73. The Hall–Kier alpha value is -2.88. The molecule has 4 nitrogen and oxygen atoms in total. The molecular formula is C20H20O4. The van der Waals surface area contributed by atoms with Crippen molar-refractivity contribution in [3.63, 3.8) is 0 Å². The Morgan fingerprint density at radius 2 is 0.833 bits per heavy atom. The summed E-state index contributed by atoms with van der Waals surface area (Å²) in [5, 5.41) is 0. The van der Waals surface area contributed by atoms with Gasteiger partial charge in [0.05, 0.1) is 25.3 Å². The lowest BCUT2D eigenvalue weighted by molar-refractivity contribution is 0.0592. The van der Waals surface area contributed by atoms with Gasteiger partial charge in [-0.15, -0.1) is 0 Å². The molecule has 0 saturated heterocycles. The van der Waals surface area contributed by atoms with Crippen LogP contribution in [0.4, 0.5) is 0 Å². The number of hydrogen-bond acceptors (Lipinski definition) is 4. The van der Waals surface area contributed by atoms with Crippen LogP contribution in [-0.2, 0) is 9.47 Å². The van der Waals surface area contributed by atoms with Crippen LogP contribution in [0.3, 0.4) is 0 Å². The number of esters is 2. The molecule has 0 aliphatic rings. The van der Waals surface area contributed by atoms with Crippen LogP contribution in [-0.4, -0.2) is 26.2 Å². The molecule has 2 rings (SSSR count). The van der Waals surface area contributed by atoms with Gasteiger partial charge >= 0.3 is 11.9 Å². The monoisotopic (exact) mass is 324 g/mol. The number of allylic oxidation sites excluding steroid dienone is 2. The van der Waals surface area contributed by atoms with Gasteiger partial charge < -0.3 is 9.47 Å². The van der Waals surface area contributed by atoms with Gasteiger partial charge in [0.1, 0.15) is 0 Å². The number of carbonyl (C=O) groups is 2. The van der Waals surface area contributed by atoms with Crippen LogP contribution in [0.5, 0.6) is 0 Å². The highest BCUT2D eigenvalue weighted by Crippen LogP contribution is 2.26. The molecule has 0 aliphatic carbocycles. The standard InChI is InChI=1S/C20H20O4/c1-13(15-5-9-17(10-6-15)19(21)23-3)14(2)16-7-11-18(12-8-16)20(22)24-4/h5-12H,1-4H3/b14-13+. The largest absolute Gasteiger partial charge is 0.465 e. The topological polar surface area (TPSA) is 52.6 Å². The van der Waals surface area contributed by atoms with E-state index in [2.05, 4.69) is 0 Å². The van der Waals surface area contributed by atoms with Crippen LogP contribution < -0.4 is 0 Å². The Morgan fingerprint density at radius 1 is 0.583 bits per heavy atom. The summed E-state index contributed by atoms with van der Waals surface area (Å²) in [5.41, 5.74) is 5.28. The minimum Gasteiger partial charge on any atom is -0.465 e. The molecule has 124 valence electrons. The van der Waals surface area contributed by atoms with Gasteiger partial charge in [-0.25, -0.2) is 9.59 Å². The minimum atomic E-state index is -0.349. The molecule has 0 aliphatic heterocycles. The molecule has 2 aromatic carbocycles. The van der Waals surface area contributed by atoms with E-state index >= 15 is 0 Å². The third kappa shape index (κ3) is 3.71. The maximum absolute atomic E-state index is 11.5. The number of ether oxygens (including phenoxy) is 2. The summed E-state index contributed by atoms with van der Waals surface area (Å²) in [5.74, 6) is -0.698. The molecule has 4 heteroatoms. The number of benzene rings is 2. The van der Waals surface area contributed by atoms with Crippen LogP contribution >= 0.6 is 0 Å². The first-order valence-corrected chi connectivity index (χ1v) is 7.53. The van der Waals surface area contributed by atoms with Gasteiger partial charge in [-0.05, 0) is 60.4 Å². The van der Waals surface area contributed by atoms with Crippen molar-refractivity contribution in [1.82, 2.24) is 0 Å². The Balaban J connectivity index is 2.29. The third-order valence-electron chi connectivity index (χ3n) is 4.04. The predicted molar refractivity (Wildman–Crippen MR) is 93.7 cm³/mol. The lowest BCUT2D eigenvalue weighted by Crippen LogP contribution is -2.01. The molecule has 0 atom stereocenters. The number of methoxy groups -OCH3 is 2. The van der Waals surface area contributed by atoms with Gasteiger partial charge in [0.25, 0.3) is 0 Å². The first kappa shape index (κ1) is 17.5. The van der Waals surface area contributed by atoms with Crippen molar-refractivity contribution in [3.05, 3.63) is 70.8 Å². The zero-order chi connectivity index (χ0) is 17.7. The van der Waals surface area contributed by atoms with Crippen molar-refractivity contribution in [2.45, 2.75) is 13.8 Å². The summed E-state index contributed by atoms with van der Waals surface area (Å²) >= 11 is 0. The first-order valence-electron chi connectivity index (χ1n) is 7.53. The van der Waals surface area contributed by atoms with Crippen LogP contribution in [0.25, 0.3) is 11.1 Å². The van der Waals surface area contributed by atoms with Gasteiger partial charge in [-0.1, -0.05) is 24.3 Å². The Bertz CT molecular complexity index is 701. The van der Waals surface area contributed by atoms with Crippen LogP contribution in [0.1, 0.15) is 45.7 Å². The average molecular weight is 324 g/mol. The highest BCUT2D eigenvalue weighted by molar-refractivity contribution is 5.93. The Morgan fingerprint density at radius 3 is 1.08 bits per heavy atom. The fourth-order valence-corrected chi connectivity index (χ4v) is 2.38. The van der Waals surface area contributed by atoms with E-state index in [0.29, 0.717) is 11.1 Å². The summed E-state index contributed by atoms with van der Waals surface area (Å²) in [6.07, 6.45) is 0. The molecule has 0 saturated carbocycles. The molecule has 0 aromatic heterocycles.